The van der Waals surface area contributed by atoms with Gasteiger partial charge in [-0.15, -0.1) is 11.3 Å². The summed E-state index contributed by atoms with van der Waals surface area (Å²) in [5.74, 6) is 0.00198. The van der Waals surface area contributed by atoms with E-state index in [2.05, 4.69) is 12.2 Å². The van der Waals surface area contributed by atoms with Crippen molar-refractivity contribution >= 4 is 39.0 Å². The lowest BCUT2D eigenvalue weighted by molar-refractivity contribution is 0.0601. The van der Waals surface area contributed by atoms with E-state index in [1.54, 1.807) is 0 Å². The number of nitrogens with one attached hydrogen (secondary N) is 1. The molecule has 0 fully saturated rings. The predicted octanol–water partition coefficient (Wildman–Crippen LogP) is 5.07. The van der Waals surface area contributed by atoms with E-state index in [0.717, 1.165) is 35.6 Å². The highest BCUT2D eigenvalue weighted by Crippen LogP contribution is 2.40. The van der Waals surface area contributed by atoms with E-state index in [0.29, 0.717) is 22.0 Å². The molecule has 1 amide bonds. The van der Waals surface area contributed by atoms with Crippen LogP contribution in [0.1, 0.15) is 44.5 Å². The number of amides is 1. The number of hydrogen-bond acceptors (Lipinski definition) is 4. The van der Waals surface area contributed by atoms with Gasteiger partial charge >= 0.3 is 5.97 Å². The van der Waals surface area contributed by atoms with Crippen molar-refractivity contribution < 1.29 is 14.3 Å². The van der Waals surface area contributed by atoms with Crippen molar-refractivity contribution in [3.63, 3.8) is 0 Å². The topological polar surface area (TPSA) is 55.4 Å². The molecule has 2 aromatic carbocycles. The third-order valence-electron chi connectivity index (χ3n) is 5.16. The summed E-state index contributed by atoms with van der Waals surface area (Å²) in [6, 6.07) is 13.5. The summed E-state index contributed by atoms with van der Waals surface area (Å²) in [5, 5.41) is 5.49. The average Bonchev–Trinajstić information content (AvgIpc) is 3.03. The quantitative estimate of drug-likeness (QED) is 0.647. The maximum atomic E-state index is 13.0. The summed E-state index contributed by atoms with van der Waals surface area (Å²) >= 11 is 1.51. The van der Waals surface area contributed by atoms with Crippen molar-refractivity contribution in [1.29, 1.82) is 0 Å². The van der Waals surface area contributed by atoms with E-state index in [1.807, 2.05) is 42.5 Å². The zero-order chi connectivity index (χ0) is 19.0. The number of benzene rings is 2. The van der Waals surface area contributed by atoms with Crippen molar-refractivity contribution in [1.82, 2.24) is 0 Å². The number of anilines is 1. The first-order valence-corrected chi connectivity index (χ1v) is 9.92. The second kappa shape index (κ2) is 7.16. The normalized spacial score (nSPS) is 16.0. The van der Waals surface area contributed by atoms with Gasteiger partial charge in [-0.25, -0.2) is 4.79 Å². The van der Waals surface area contributed by atoms with Gasteiger partial charge in [-0.05, 0) is 47.6 Å². The van der Waals surface area contributed by atoms with E-state index in [4.69, 9.17) is 4.74 Å². The maximum Gasteiger partial charge on any atom is 0.341 e. The van der Waals surface area contributed by atoms with Crippen LogP contribution in [0.5, 0.6) is 0 Å². The molecule has 138 valence electrons. The summed E-state index contributed by atoms with van der Waals surface area (Å²) in [6.45, 7) is 2.22. The van der Waals surface area contributed by atoms with Crippen LogP contribution in [-0.2, 0) is 17.6 Å². The van der Waals surface area contributed by atoms with Crippen LogP contribution < -0.4 is 5.32 Å². The van der Waals surface area contributed by atoms with Crippen molar-refractivity contribution in [2.45, 2.75) is 26.2 Å². The molecule has 0 saturated carbocycles. The Bertz CT molecular complexity index is 1030. The van der Waals surface area contributed by atoms with Gasteiger partial charge in [0.1, 0.15) is 5.00 Å². The molecule has 0 unspecified atom stereocenters. The summed E-state index contributed by atoms with van der Waals surface area (Å²) < 4.78 is 5.00. The Balaban J connectivity index is 1.73. The van der Waals surface area contributed by atoms with E-state index in [-0.39, 0.29) is 11.9 Å². The molecule has 1 heterocycles. The number of carbonyl (C=O) groups is 2. The number of carbonyl (C=O) groups excluding carboxylic acids is 2. The van der Waals surface area contributed by atoms with Crippen molar-refractivity contribution in [2.75, 3.05) is 12.4 Å². The fraction of sp³-hybridized carbons (Fsp3) is 0.273. The molecular weight excluding hydrogens is 358 g/mol. The number of thiophene rings is 1. The fourth-order valence-corrected chi connectivity index (χ4v) is 5.14. The Morgan fingerprint density at radius 3 is 2.74 bits per heavy atom. The average molecular weight is 379 g/mol. The molecule has 1 aromatic heterocycles. The molecule has 1 atom stereocenters. The van der Waals surface area contributed by atoms with E-state index >= 15 is 0 Å². The molecule has 4 rings (SSSR count). The van der Waals surface area contributed by atoms with Gasteiger partial charge in [0.15, 0.2) is 0 Å². The van der Waals surface area contributed by atoms with Crippen molar-refractivity contribution in [3.05, 3.63) is 64.0 Å². The summed E-state index contributed by atoms with van der Waals surface area (Å²) in [4.78, 5) is 26.6. The fourth-order valence-electron chi connectivity index (χ4n) is 3.75. The lowest BCUT2D eigenvalue weighted by atomic mass is 9.88. The lowest BCUT2D eigenvalue weighted by Crippen LogP contribution is -2.16. The minimum atomic E-state index is -0.379. The predicted molar refractivity (Wildman–Crippen MR) is 109 cm³/mol. The van der Waals surface area contributed by atoms with Crippen LogP contribution in [0, 0.1) is 5.92 Å². The second-order valence-corrected chi connectivity index (χ2v) is 8.13. The molecule has 1 N–H and O–H groups in total. The molecule has 3 aromatic rings. The largest absolute Gasteiger partial charge is 0.465 e. The Kier molecular flexibility index (Phi) is 4.70. The Morgan fingerprint density at radius 1 is 1.15 bits per heavy atom. The minimum absolute atomic E-state index is 0.205. The van der Waals surface area contributed by atoms with Gasteiger partial charge in [0.2, 0.25) is 0 Å². The number of fused-ring (bicyclic) bond motifs is 2. The molecule has 0 spiro atoms. The highest BCUT2D eigenvalue weighted by atomic mass is 32.1. The first-order valence-electron chi connectivity index (χ1n) is 9.10. The molecule has 5 heteroatoms. The molecular formula is C22H21NO3S. The van der Waals surface area contributed by atoms with Gasteiger partial charge < -0.3 is 10.1 Å². The molecule has 0 aliphatic heterocycles. The van der Waals surface area contributed by atoms with Gasteiger partial charge in [0.25, 0.3) is 5.91 Å². The highest BCUT2D eigenvalue weighted by molar-refractivity contribution is 7.17. The van der Waals surface area contributed by atoms with Crippen molar-refractivity contribution in [3.8, 4) is 0 Å². The number of rotatable bonds is 3. The number of esters is 1. The van der Waals surface area contributed by atoms with Crippen LogP contribution >= 0.6 is 11.3 Å². The molecule has 1 aliphatic carbocycles. The molecule has 0 bridgehead atoms. The van der Waals surface area contributed by atoms with E-state index in [1.165, 1.54) is 23.3 Å². The second-order valence-electron chi connectivity index (χ2n) is 7.03. The van der Waals surface area contributed by atoms with Crippen LogP contribution in [0.4, 0.5) is 5.00 Å². The standard InChI is InChI=1S/C22H21NO3S/c1-13-10-11-17-18(12-13)27-21(19(17)22(25)26-2)23-20(24)16-9-5-7-14-6-3-4-8-15(14)16/h3-9,13H,10-12H2,1-2H3,(H,23,24)/t13-/m0/s1. The first-order chi connectivity index (χ1) is 13.1. The molecule has 27 heavy (non-hydrogen) atoms. The highest BCUT2D eigenvalue weighted by Gasteiger charge is 2.29. The van der Waals surface area contributed by atoms with Gasteiger partial charge in [-0.3, -0.25) is 4.79 Å². The van der Waals surface area contributed by atoms with Crippen LogP contribution in [0.15, 0.2) is 42.5 Å². The minimum Gasteiger partial charge on any atom is -0.465 e. The van der Waals surface area contributed by atoms with E-state index < -0.39 is 0 Å². The number of hydrogen-bond donors (Lipinski definition) is 1. The summed E-state index contributed by atoms with van der Waals surface area (Å²) in [5.41, 5.74) is 2.17. The molecule has 4 nitrogen and oxygen atoms in total. The van der Waals surface area contributed by atoms with Crippen LogP contribution in [0.3, 0.4) is 0 Å². The molecule has 0 radical (unpaired) electrons. The summed E-state index contributed by atoms with van der Waals surface area (Å²) in [7, 11) is 1.38. The number of ether oxygens (including phenoxy) is 1. The molecule has 0 saturated heterocycles. The SMILES string of the molecule is COC(=O)c1c(NC(=O)c2cccc3ccccc23)sc2c1CC[C@H](C)C2. The van der Waals surface area contributed by atoms with Crippen LogP contribution in [0.25, 0.3) is 10.8 Å². The Hall–Kier alpha value is -2.66. The number of methoxy groups -OCH3 is 1. The van der Waals surface area contributed by atoms with E-state index in [9.17, 15) is 9.59 Å². The Morgan fingerprint density at radius 2 is 1.93 bits per heavy atom. The molecule has 1 aliphatic rings. The maximum absolute atomic E-state index is 13.0. The van der Waals surface area contributed by atoms with Gasteiger partial charge in [-0.1, -0.05) is 43.3 Å². The van der Waals surface area contributed by atoms with Gasteiger partial charge in [0, 0.05) is 10.4 Å². The third kappa shape index (κ3) is 3.23. The van der Waals surface area contributed by atoms with Gasteiger partial charge in [-0.2, -0.15) is 0 Å². The smallest absolute Gasteiger partial charge is 0.341 e. The van der Waals surface area contributed by atoms with Gasteiger partial charge in [0.05, 0.1) is 12.7 Å². The zero-order valence-electron chi connectivity index (χ0n) is 15.4. The zero-order valence-corrected chi connectivity index (χ0v) is 16.2. The van der Waals surface area contributed by atoms with Crippen LogP contribution in [0.2, 0.25) is 0 Å². The monoisotopic (exact) mass is 379 g/mol. The lowest BCUT2D eigenvalue weighted by Gasteiger charge is -2.18. The van der Waals surface area contributed by atoms with Crippen LogP contribution in [-0.4, -0.2) is 19.0 Å². The summed E-state index contributed by atoms with van der Waals surface area (Å²) in [6.07, 6.45) is 2.83. The Labute approximate surface area is 162 Å². The first kappa shape index (κ1) is 17.7. The van der Waals surface area contributed by atoms with Crippen molar-refractivity contribution in [2.24, 2.45) is 5.92 Å². The third-order valence-corrected chi connectivity index (χ3v) is 6.33.